The smallest absolute Gasteiger partial charge is 0.308 e. The first-order valence-electron chi connectivity index (χ1n) is 4.88. The highest BCUT2D eigenvalue weighted by atomic mass is 16.4. The summed E-state index contributed by atoms with van der Waals surface area (Å²) in [6, 6.07) is 7.95. The summed E-state index contributed by atoms with van der Waals surface area (Å²) < 4.78 is 0.624. The zero-order valence-corrected chi connectivity index (χ0v) is 8.90. The van der Waals surface area contributed by atoms with Crippen molar-refractivity contribution >= 4 is 17.2 Å². The molecule has 0 aliphatic carbocycles. The minimum Gasteiger partial charge on any atom is -0.481 e. The Morgan fingerprint density at radius 2 is 2.00 bits per heavy atom. The molecule has 3 heteroatoms. The fourth-order valence-corrected chi connectivity index (χ4v) is 2.08. The van der Waals surface area contributed by atoms with Crippen LogP contribution in [0, 0.1) is 0 Å². The molecule has 3 nitrogen and oxygen atoms in total. The van der Waals surface area contributed by atoms with Gasteiger partial charge < -0.3 is 5.11 Å². The summed E-state index contributed by atoms with van der Waals surface area (Å²) in [6.07, 6.45) is 2.09. The number of nitrogens with zero attached hydrogens (tertiary/aromatic N) is 1. The van der Waals surface area contributed by atoms with E-state index < -0.39 is 5.97 Å². The van der Waals surface area contributed by atoms with Crippen LogP contribution in [0.5, 0.6) is 0 Å². The molecular weight excluding hydrogens is 190 g/mol. The molecule has 1 aromatic carbocycles. The first-order valence-corrected chi connectivity index (χ1v) is 4.88. The van der Waals surface area contributed by atoms with Crippen LogP contribution in [0.3, 0.4) is 0 Å². The molecular formula is C12H14NO2+. The van der Waals surface area contributed by atoms with Crippen LogP contribution in [-0.2, 0) is 4.79 Å². The number of para-hydroxylation sites is 1. The van der Waals surface area contributed by atoms with Gasteiger partial charge in [0.25, 0.3) is 0 Å². The lowest BCUT2D eigenvalue weighted by molar-refractivity contribution is -0.135. The van der Waals surface area contributed by atoms with E-state index in [1.165, 1.54) is 0 Å². The number of benzene rings is 1. The minimum absolute atomic E-state index is 0.0959. The molecule has 0 spiro atoms. The van der Waals surface area contributed by atoms with Crippen molar-refractivity contribution in [2.45, 2.75) is 6.42 Å². The lowest BCUT2D eigenvalue weighted by Crippen LogP contribution is -2.31. The summed E-state index contributed by atoms with van der Waals surface area (Å²) >= 11 is 0. The van der Waals surface area contributed by atoms with E-state index in [0.717, 1.165) is 16.8 Å². The molecule has 1 aliphatic rings. The molecule has 15 heavy (non-hydrogen) atoms. The fourth-order valence-electron chi connectivity index (χ4n) is 2.08. The van der Waals surface area contributed by atoms with Gasteiger partial charge >= 0.3 is 5.97 Å². The highest BCUT2D eigenvalue weighted by molar-refractivity contribution is 5.90. The van der Waals surface area contributed by atoms with Crippen LogP contribution in [0.2, 0.25) is 0 Å². The van der Waals surface area contributed by atoms with Crippen LogP contribution >= 0.6 is 0 Å². The lowest BCUT2D eigenvalue weighted by atomic mass is 10.0. The molecule has 0 saturated heterocycles. The Labute approximate surface area is 88.9 Å². The van der Waals surface area contributed by atoms with E-state index in [4.69, 9.17) is 5.11 Å². The Bertz CT molecular complexity index is 447. The molecule has 1 heterocycles. The Balaban J connectivity index is 2.48. The van der Waals surface area contributed by atoms with Gasteiger partial charge in [-0.3, -0.25) is 9.28 Å². The predicted octanol–water partition coefficient (Wildman–Crippen LogP) is 2.08. The first-order chi connectivity index (χ1) is 7.00. The molecule has 1 N–H and O–H groups in total. The van der Waals surface area contributed by atoms with Crippen LogP contribution in [0.25, 0.3) is 5.57 Å². The molecule has 0 radical (unpaired) electrons. The zero-order valence-electron chi connectivity index (χ0n) is 8.90. The molecule has 0 bridgehead atoms. The second-order valence-electron chi connectivity index (χ2n) is 4.28. The molecule has 0 atom stereocenters. The minimum atomic E-state index is -0.780. The third-order valence-corrected chi connectivity index (χ3v) is 2.69. The van der Waals surface area contributed by atoms with Gasteiger partial charge in [0, 0.05) is 17.2 Å². The summed E-state index contributed by atoms with van der Waals surface area (Å²) in [5.41, 5.74) is 3.13. The third kappa shape index (κ3) is 1.66. The van der Waals surface area contributed by atoms with Crippen LogP contribution in [0.1, 0.15) is 12.0 Å². The number of hydrogen-bond acceptors (Lipinski definition) is 1. The van der Waals surface area contributed by atoms with E-state index in [1.54, 1.807) is 0 Å². The standard InChI is InChI=1S/C12H13NO2/c1-13(2)8-9(7-12(14)15)10-5-3-4-6-11(10)13/h3-6,8H,7H2,1-2H3/p+1. The average molecular weight is 204 g/mol. The number of aliphatic carboxylic acids is 1. The van der Waals surface area contributed by atoms with Gasteiger partial charge in [-0.1, -0.05) is 12.1 Å². The highest BCUT2D eigenvalue weighted by Gasteiger charge is 2.31. The van der Waals surface area contributed by atoms with Crippen molar-refractivity contribution in [2.24, 2.45) is 0 Å². The molecule has 78 valence electrons. The number of carbonyl (C=O) groups is 1. The second-order valence-corrected chi connectivity index (χ2v) is 4.28. The van der Waals surface area contributed by atoms with Gasteiger partial charge in [-0.2, -0.15) is 0 Å². The normalized spacial score (nSPS) is 17.1. The lowest BCUT2D eigenvalue weighted by Gasteiger charge is -2.20. The molecule has 0 amide bonds. The van der Waals surface area contributed by atoms with Gasteiger partial charge in [0.1, 0.15) is 11.9 Å². The highest BCUT2D eigenvalue weighted by Crippen LogP contribution is 2.38. The summed E-state index contributed by atoms with van der Waals surface area (Å²) in [7, 11) is 4.10. The van der Waals surface area contributed by atoms with E-state index in [2.05, 4.69) is 0 Å². The molecule has 1 aliphatic heterocycles. The van der Waals surface area contributed by atoms with E-state index in [9.17, 15) is 4.79 Å². The van der Waals surface area contributed by atoms with Crippen molar-refractivity contribution < 1.29 is 9.90 Å². The number of hydrogen-bond donors (Lipinski definition) is 1. The largest absolute Gasteiger partial charge is 0.481 e. The number of carboxylic acids is 1. The van der Waals surface area contributed by atoms with Crippen LogP contribution < -0.4 is 4.48 Å². The van der Waals surface area contributed by atoms with Gasteiger partial charge in [-0.05, 0) is 6.07 Å². The number of rotatable bonds is 2. The third-order valence-electron chi connectivity index (χ3n) is 2.69. The molecule has 2 rings (SSSR count). The van der Waals surface area contributed by atoms with Crippen molar-refractivity contribution in [1.29, 1.82) is 0 Å². The van der Waals surface area contributed by atoms with Gasteiger partial charge in [0.05, 0.1) is 20.5 Å². The molecule has 0 aromatic heterocycles. The summed E-state index contributed by atoms with van der Waals surface area (Å²) in [5.74, 6) is -0.780. The molecule has 0 unspecified atom stereocenters. The summed E-state index contributed by atoms with van der Waals surface area (Å²) in [6.45, 7) is 0. The number of fused-ring (bicyclic) bond motifs is 1. The predicted molar refractivity (Wildman–Crippen MR) is 60.3 cm³/mol. The maximum Gasteiger partial charge on any atom is 0.308 e. The maximum absolute atomic E-state index is 10.7. The first kappa shape index (κ1) is 9.93. The summed E-state index contributed by atoms with van der Waals surface area (Å²) in [4.78, 5) is 10.7. The van der Waals surface area contributed by atoms with E-state index >= 15 is 0 Å². The topological polar surface area (TPSA) is 37.3 Å². The van der Waals surface area contributed by atoms with Crippen molar-refractivity contribution in [3.8, 4) is 0 Å². The second kappa shape index (κ2) is 3.21. The summed E-state index contributed by atoms with van der Waals surface area (Å²) in [5, 5.41) is 8.82. The molecule has 1 aromatic rings. The van der Waals surface area contributed by atoms with Gasteiger partial charge in [-0.25, -0.2) is 0 Å². The fraction of sp³-hybridized carbons (Fsp3) is 0.250. The van der Waals surface area contributed by atoms with Crippen molar-refractivity contribution in [3.63, 3.8) is 0 Å². The van der Waals surface area contributed by atoms with Crippen LogP contribution in [0.15, 0.2) is 30.5 Å². The van der Waals surface area contributed by atoms with Crippen molar-refractivity contribution in [2.75, 3.05) is 14.1 Å². The molecule has 0 saturated carbocycles. The van der Waals surface area contributed by atoms with E-state index in [0.29, 0.717) is 4.48 Å². The van der Waals surface area contributed by atoms with Crippen LogP contribution in [0.4, 0.5) is 5.69 Å². The maximum atomic E-state index is 10.7. The zero-order chi connectivity index (χ0) is 11.1. The quantitative estimate of drug-likeness (QED) is 0.749. The van der Waals surface area contributed by atoms with Gasteiger partial charge in [0.2, 0.25) is 0 Å². The number of carboxylic acid groups (broad SMARTS) is 1. The van der Waals surface area contributed by atoms with Crippen molar-refractivity contribution in [3.05, 3.63) is 36.0 Å². The number of quaternary nitrogens is 1. The van der Waals surface area contributed by atoms with E-state index in [-0.39, 0.29) is 6.42 Å². The average Bonchev–Trinajstić information content (AvgIpc) is 2.39. The van der Waals surface area contributed by atoms with E-state index in [1.807, 2.05) is 44.6 Å². The Morgan fingerprint density at radius 3 is 2.67 bits per heavy atom. The van der Waals surface area contributed by atoms with Gasteiger partial charge in [-0.15, -0.1) is 0 Å². The Kier molecular flexibility index (Phi) is 2.12. The Morgan fingerprint density at radius 1 is 1.33 bits per heavy atom. The van der Waals surface area contributed by atoms with Crippen LogP contribution in [-0.4, -0.2) is 25.2 Å². The van der Waals surface area contributed by atoms with Crippen molar-refractivity contribution in [1.82, 2.24) is 4.48 Å². The monoisotopic (exact) mass is 204 g/mol. The molecule has 0 fully saturated rings. The SMILES string of the molecule is C[N+]1(C)C=C(CC(=O)O)c2ccccc21. The van der Waals surface area contributed by atoms with Gasteiger partial charge in [0.15, 0.2) is 0 Å². The Hall–Kier alpha value is -1.61.